The Bertz CT molecular complexity index is 990. The summed E-state index contributed by atoms with van der Waals surface area (Å²) in [6.07, 6.45) is 0. The van der Waals surface area contributed by atoms with Gasteiger partial charge in [0.1, 0.15) is 0 Å². The number of ketones is 1. The van der Waals surface area contributed by atoms with E-state index < -0.39 is 11.7 Å². The molecule has 3 aromatic rings. The van der Waals surface area contributed by atoms with Crippen LogP contribution >= 0.6 is 0 Å². The summed E-state index contributed by atoms with van der Waals surface area (Å²) in [5.41, 5.74) is 4.47. The van der Waals surface area contributed by atoms with E-state index in [0.29, 0.717) is 17.0 Å². The molecule has 0 fully saturated rings. The predicted octanol–water partition coefficient (Wildman–Crippen LogP) is 3.86. The minimum Gasteiger partial charge on any atom is -0.343 e. The van der Waals surface area contributed by atoms with Crippen LogP contribution in [-0.2, 0) is 4.79 Å². The number of amides is 1. The normalized spacial score (nSPS) is 11.9. The van der Waals surface area contributed by atoms with Gasteiger partial charge in [-0.15, -0.1) is 0 Å². The summed E-state index contributed by atoms with van der Waals surface area (Å²) < 4.78 is 1.70. The van der Waals surface area contributed by atoms with Gasteiger partial charge in [0, 0.05) is 0 Å². The van der Waals surface area contributed by atoms with Crippen molar-refractivity contribution in [1.29, 1.82) is 0 Å². The number of hydrogen-bond donors (Lipinski definition) is 1. The number of benzene rings is 2. The minimum absolute atomic E-state index is 0.257. The Morgan fingerprint density at radius 2 is 1.59 bits per heavy atom. The SMILES string of the molecule is Cc1ccccc1C(C)NC(=O)C(=O)c1c(C)nn(-c2ccccc2)c1C. The van der Waals surface area contributed by atoms with Crippen molar-refractivity contribution in [3.05, 3.63) is 82.7 Å². The lowest BCUT2D eigenvalue weighted by atomic mass is 10.0. The van der Waals surface area contributed by atoms with Crippen molar-refractivity contribution in [3.8, 4) is 5.69 Å². The lowest BCUT2D eigenvalue weighted by Crippen LogP contribution is -2.34. The van der Waals surface area contributed by atoms with Crippen LogP contribution in [0.5, 0.6) is 0 Å². The Kier molecular flexibility index (Phi) is 5.21. The molecule has 0 spiro atoms. The van der Waals surface area contributed by atoms with E-state index in [1.54, 1.807) is 18.5 Å². The van der Waals surface area contributed by atoms with E-state index in [2.05, 4.69) is 10.4 Å². The Labute approximate surface area is 159 Å². The number of aromatic nitrogens is 2. The monoisotopic (exact) mass is 361 g/mol. The van der Waals surface area contributed by atoms with Crippen LogP contribution in [0.3, 0.4) is 0 Å². The molecule has 0 aliphatic rings. The Hall–Kier alpha value is -3.21. The van der Waals surface area contributed by atoms with Crippen molar-refractivity contribution in [2.45, 2.75) is 33.7 Å². The zero-order chi connectivity index (χ0) is 19.6. The first kappa shape index (κ1) is 18.6. The van der Waals surface area contributed by atoms with E-state index >= 15 is 0 Å². The largest absolute Gasteiger partial charge is 0.343 e. The number of nitrogens with zero attached hydrogens (tertiary/aromatic N) is 2. The number of carbonyl (C=O) groups excluding carboxylic acids is 2. The topological polar surface area (TPSA) is 64.0 Å². The minimum atomic E-state index is -0.621. The van der Waals surface area contributed by atoms with Gasteiger partial charge in [0.05, 0.1) is 28.7 Å². The fourth-order valence-corrected chi connectivity index (χ4v) is 3.32. The molecule has 1 atom stereocenters. The van der Waals surface area contributed by atoms with Crippen LogP contribution < -0.4 is 5.32 Å². The van der Waals surface area contributed by atoms with Crippen LogP contribution in [-0.4, -0.2) is 21.5 Å². The van der Waals surface area contributed by atoms with Crippen molar-refractivity contribution in [2.75, 3.05) is 0 Å². The fraction of sp³-hybridized carbons (Fsp3) is 0.227. The number of hydrogen-bond acceptors (Lipinski definition) is 3. The van der Waals surface area contributed by atoms with Gasteiger partial charge in [0.25, 0.3) is 11.7 Å². The summed E-state index contributed by atoms with van der Waals surface area (Å²) in [6, 6.07) is 17.1. The Balaban J connectivity index is 1.85. The number of rotatable bonds is 5. The highest BCUT2D eigenvalue weighted by atomic mass is 16.2. The second-order valence-electron chi connectivity index (χ2n) is 6.67. The van der Waals surface area contributed by atoms with Crippen LogP contribution in [0.25, 0.3) is 5.69 Å². The maximum Gasteiger partial charge on any atom is 0.293 e. The van der Waals surface area contributed by atoms with E-state index in [9.17, 15) is 9.59 Å². The van der Waals surface area contributed by atoms with Gasteiger partial charge in [0.2, 0.25) is 0 Å². The molecule has 1 heterocycles. The molecule has 0 aliphatic carbocycles. The van der Waals surface area contributed by atoms with E-state index in [4.69, 9.17) is 0 Å². The van der Waals surface area contributed by atoms with Gasteiger partial charge in [-0.05, 0) is 51.0 Å². The first-order chi connectivity index (χ1) is 12.9. The zero-order valence-electron chi connectivity index (χ0n) is 16.0. The third-order valence-electron chi connectivity index (χ3n) is 4.73. The second-order valence-corrected chi connectivity index (χ2v) is 6.67. The molecule has 0 bridgehead atoms. The Morgan fingerprint density at radius 1 is 0.963 bits per heavy atom. The standard InChI is InChI=1S/C22H23N3O2/c1-14-10-8-9-13-19(14)15(2)23-22(27)21(26)20-16(3)24-25(17(20)4)18-11-6-5-7-12-18/h5-13,15H,1-4H3,(H,23,27). The van der Waals surface area contributed by atoms with Crippen LogP contribution in [0.15, 0.2) is 54.6 Å². The molecule has 1 aromatic heterocycles. The smallest absolute Gasteiger partial charge is 0.293 e. The van der Waals surface area contributed by atoms with Gasteiger partial charge in [-0.3, -0.25) is 9.59 Å². The molecule has 0 radical (unpaired) electrons. The van der Waals surface area contributed by atoms with Gasteiger partial charge in [-0.1, -0.05) is 42.5 Å². The lowest BCUT2D eigenvalue weighted by molar-refractivity contribution is -0.117. The number of nitrogens with one attached hydrogen (secondary N) is 1. The third-order valence-corrected chi connectivity index (χ3v) is 4.73. The summed E-state index contributed by atoms with van der Waals surface area (Å²) in [5.74, 6) is -1.18. The average Bonchev–Trinajstić information content (AvgIpc) is 2.96. The summed E-state index contributed by atoms with van der Waals surface area (Å²) >= 11 is 0. The molecule has 27 heavy (non-hydrogen) atoms. The molecular formula is C22H23N3O2. The van der Waals surface area contributed by atoms with Crippen molar-refractivity contribution in [2.24, 2.45) is 0 Å². The summed E-state index contributed by atoms with van der Waals surface area (Å²) in [7, 11) is 0. The molecule has 0 saturated carbocycles. The third kappa shape index (κ3) is 3.67. The molecule has 1 amide bonds. The molecule has 1 N–H and O–H groups in total. The van der Waals surface area contributed by atoms with E-state index in [1.165, 1.54) is 0 Å². The number of para-hydroxylation sites is 1. The first-order valence-electron chi connectivity index (χ1n) is 8.92. The van der Waals surface area contributed by atoms with Crippen molar-refractivity contribution < 1.29 is 9.59 Å². The maximum absolute atomic E-state index is 12.8. The first-order valence-corrected chi connectivity index (χ1v) is 8.92. The van der Waals surface area contributed by atoms with E-state index in [0.717, 1.165) is 16.8 Å². The van der Waals surface area contributed by atoms with Crippen LogP contribution in [0, 0.1) is 20.8 Å². The molecule has 5 heteroatoms. The summed E-state index contributed by atoms with van der Waals surface area (Å²) in [6.45, 7) is 7.41. The van der Waals surface area contributed by atoms with Gasteiger partial charge in [-0.2, -0.15) is 5.10 Å². The van der Waals surface area contributed by atoms with Gasteiger partial charge in [0.15, 0.2) is 0 Å². The Morgan fingerprint density at radius 3 is 2.26 bits per heavy atom. The molecule has 1 unspecified atom stereocenters. The maximum atomic E-state index is 12.8. The number of carbonyl (C=O) groups is 2. The van der Waals surface area contributed by atoms with Crippen LogP contribution in [0.1, 0.15) is 45.8 Å². The quantitative estimate of drug-likeness (QED) is 0.554. The predicted molar refractivity (Wildman–Crippen MR) is 105 cm³/mol. The molecule has 138 valence electrons. The highest BCUT2D eigenvalue weighted by Gasteiger charge is 2.26. The molecule has 2 aromatic carbocycles. The second kappa shape index (κ2) is 7.58. The van der Waals surface area contributed by atoms with Gasteiger partial charge < -0.3 is 5.32 Å². The van der Waals surface area contributed by atoms with Gasteiger partial charge >= 0.3 is 0 Å². The average molecular weight is 361 g/mol. The van der Waals surface area contributed by atoms with Crippen molar-refractivity contribution in [1.82, 2.24) is 15.1 Å². The molecule has 0 saturated heterocycles. The highest BCUT2D eigenvalue weighted by molar-refractivity contribution is 6.43. The number of Topliss-reactive ketones (excluding diaryl/α,β-unsaturated/α-hetero) is 1. The van der Waals surface area contributed by atoms with E-state index in [1.807, 2.05) is 68.4 Å². The highest BCUT2D eigenvalue weighted by Crippen LogP contribution is 2.20. The van der Waals surface area contributed by atoms with Crippen molar-refractivity contribution in [3.63, 3.8) is 0 Å². The molecule has 3 rings (SSSR count). The fourth-order valence-electron chi connectivity index (χ4n) is 3.32. The molecule has 5 nitrogen and oxygen atoms in total. The number of aryl methyl sites for hydroxylation is 2. The zero-order valence-corrected chi connectivity index (χ0v) is 16.0. The van der Waals surface area contributed by atoms with E-state index in [-0.39, 0.29) is 6.04 Å². The van der Waals surface area contributed by atoms with Gasteiger partial charge in [-0.25, -0.2) is 4.68 Å². The van der Waals surface area contributed by atoms with Crippen LogP contribution in [0.2, 0.25) is 0 Å². The lowest BCUT2D eigenvalue weighted by Gasteiger charge is -2.16. The molecule has 0 aliphatic heterocycles. The van der Waals surface area contributed by atoms with Crippen molar-refractivity contribution >= 4 is 11.7 Å². The molecular weight excluding hydrogens is 338 g/mol. The van der Waals surface area contributed by atoms with Crippen LogP contribution in [0.4, 0.5) is 0 Å². The summed E-state index contributed by atoms with van der Waals surface area (Å²) in [4.78, 5) is 25.4. The summed E-state index contributed by atoms with van der Waals surface area (Å²) in [5, 5.41) is 7.26.